The van der Waals surface area contributed by atoms with Crippen molar-refractivity contribution in [2.45, 2.75) is 39.9 Å². The van der Waals surface area contributed by atoms with Crippen LogP contribution in [0.15, 0.2) is 18.2 Å². The first-order chi connectivity index (χ1) is 8.85. The van der Waals surface area contributed by atoms with E-state index in [1.165, 1.54) is 0 Å². The lowest BCUT2D eigenvalue weighted by atomic mass is 9.94. The van der Waals surface area contributed by atoms with E-state index < -0.39 is 10.0 Å². The van der Waals surface area contributed by atoms with Gasteiger partial charge in [0, 0.05) is 19.1 Å². The van der Waals surface area contributed by atoms with Crippen molar-refractivity contribution in [1.29, 1.82) is 0 Å². The molecule has 5 heteroatoms. The maximum absolute atomic E-state index is 11.9. The third kappa shape index (κ3) is 2.83. The Morgan fingerprint density at radius 1 is 1.26 bits per heavy atom. The van der Waals surface area contributed by atoms with E-state index in [1.54, 1.807) is 11.2 Å². The fourth-order valence-corrected chi connectivity index (χ4v) is 3.39. The Bertz CT molecular complexity index is 567. The topological polar surface area (TPSA) is 63.4 Å². The van der Waals surface area contributed by atoms with Gasteiger partial charge in [-0.15, -0.1) is 0 Å². The molecule has 0 saturated heterocycles. The summed E-state index contributed by atoms with van der Waals surface area (Å²) in [5.41, 5.74) is 9.42. The van der Waals surface area contributed by atoms with Crippen LogP contribution in [0.1, 0.15) is 43.5 Å². The Balaban J connectivity index is 2.26. The molecule has 1 atom stereocenters. The molecule has 1 aliphatic rings. The monoisotopic (exact) mass is 282 g/mol. The van der Waals surface area contributed by atoms with E-state index in [0.717, 1.165) is 16.7 Å². The molecule has 2 N–H and O–H groups in total. The maximum Gasteiger partial charge on any atom is 0.214 e. The number of rotatable bonds is 4. The molecule has 19 heavy (non-hydrogen) atoms. The number of hydrogen-bond donors (Lipinski definition) is 1. The molecule has 0 radical (unpaired) electrons. The van der Waals surface area contributed by atoms with Gasteiger partial charge in [-0.05, 0) is 29.5 Å². The summed E-state index contributed by atoms with van der Waals surface area (Å²) in [6, 6.07) is 6.09. The van der Waals surface area contributed by atoms with Gasteiger partial charge in [-0.2, -0.15) is 4.31 Å². The van der Waals surface area contributed by atoms with Crippen LogP contribution in [0.5, 0.6) is 0 Å². The molecular weight excluding hydrogens is 260 g/mol. The summed E-state index contributed by atoms with van der Waals surface area (Å²) in [5, 5.41) is 0. The molecule has 1 heterocycles. The van der Waals surface area contributed by atoms with E-state index in [-0.39, 0.29) is 11.8 Å². The fraction of sp³-hybridized carbons (Fsp3) is 0.571. The van der Waals surface area contributed by atoms with Gasteiger partial charge in [0.15, 0.2) is 0 Å². The van der Waals surface area contributed by atoms with Crippen molar-refractivity contribution in [2.24, 2.45) is 11.7 Å². The molecule has 1 aromatic carbocycles. The van der Waals surface area contributed by atoms with Crippen molar-refractivity contribution in [3.8, 4) is 0 Å². The standard InChI is InChI=1S/C14H22N2O2S/c1-4-19(17,18)16-8-12-6-5-11(7-13(12)9-16)14(15)10(2)3/h5-7,10,14H,4,8-9,15H2,1-3H3. The van der Waals surface area contributed by atoms with Crippen LogP contribution in [-0.4, -0.2) is 18.5 Å². The molecule has 1 aliphatic heterocycles. The third-order valence-electron chi connectivity index (χ3n) is 3.79. The van der Waals surface area contributed by atoms with Gasteiger partial charge in [0.05, 0.1) is 5.75 Å². The molecule has 0 aromatic heterocycles. The maximum atomic E-state index is 11.9. The van der Waals surface area contributed by atoms with Crippen molar-refractivity contribution in [1.82, 2.24) is 4.31 Å². The molecule has 1 aromatic rings. The van der Waals surface area contributed by atoms with Gasteiger partial charge in [-0.25, -0.2) is 8.42 Å². The predicted molar refractivity (Wildman–Crippen MR) is 76.9 cm³/mol. The Morgan fingerprint density at radius 3 is 2.47 bits per heavy atom. The van der Waals surface area contributed by atoms with Gasteiger partial charge < -0.3 is 5.73 Å². The second-order valence-corrected chi connectivity index (χ2v) is 7.72. The molecule has 0 bridgehead atoms. The van der Waals surface area contributed by atoms with Gasteiger partial charge in [0.2, 0.25) is 10.0 Å². The van der Waals surface area contributed by atoms with Crippen molar-refractivity contribution in [3.05, 3.63) is 34.9 Å². The molecule has 106 valence electrons. The quantitative estimate of drug-likeness (QED) is 0.918. The first kappa shape index (κ1) is 14.5. The highest BCUT2D eigenvalue weighted by atomic mass is 32.2. The van der Waals surface area contributed by atoms with Crippen molar-refractivity contribution in [3.63, 3.8) is 0 Å². The lowest BCUT2D eigenvalue weighted by Crippen LogP contribution is -2.26. The van der Waals surface area contributed by atoms with Gasteiger partial charge in [0.25, 0.3) is 0 Å². The summed E-state index contributed by atoms with van der Waals surface area (Å²) < 4.78 is 25.3. The molecule has 0 saturated carbocycles. The Kier molecular flexibility index (Phi) is 3.99. The van der Waals surface area contributed by atoms with E-state index in [0.29, 0.717) is 19.0 Å². The number of benzene rings is 1. The molecular formula is C14H22N2O2S. The fourth-order valence-electron chi connectivity index (χ4n) is 2.35. The predicted octanol–water partition coefficient (Wildman–Crippen LogP) is 2.01. The molecule has 2 rings (SSSR count). The van der Waals surface area contributed by atoms with Crippen LogP contribution in [-0.2, 0) is 23.1 Å². The lowest BCUT2D eigenvalue weighted by Gasteiger charge is -2.16. The van der Waals surface area contributed by atoms with Crippen molar-refractivity contribution in [2.75, 3.05) is 5.75 Å². The highest BCUT2D eigenvalue weighted by Gasteiger charge is 2.28. The third-order valence-corrected chi connectivity index (χ3v) is 5.56. The molecule has 1 unspecified atom stereocenters. The molecule has 4 nitrogen and oxygen atoms in total. The van der Waals surface area contributed by atoms with E-state index >= 15 is 0 Å². The second-order valence-electron chi connectivity index (χ2n) is 5.47. The van der Waals surface area contributed by atoms with Gasteiger partial charge in [-0.1, -0.05) is 32.0 Å². The summed E-state index contributed by atoms with van der Waals surface area (Å²) in [6.07, 6.45) is 0. The smallest absolute Gasteiger partial charge is 0.214 e. The zero-order valence-electron chi connectivity index (χ0n) is 11.8. The van der Waals surface area contributed by atoms with Crippen molar-refractivity contribution < 1.29 is 8.42 Å². The number of sulfonamides is 1. The molecule has 0 spiro atoms. The minimum atomic E-state index is -3.11. The summed E-state index contributed by atoms with van der Waals surface area (Å²) in [5.74, 6) is 0.522. The van der Waals surface area contributed by atoms with E-state index in [4.69, 9.17) is 5.73 Å². The van der Waals surface area contributed by atoms with E-state index in [1.807, 2.05) is 12.1 Å². The average molecular weight is 282 g/mol. The highest BCUT2D eigenvalue weighted by molar-refractivity contribution is 7.89. The van der Waals surface area contributed by atoms with E-state index in [9.17, 15) is 8.42 Å². The first-order valence-electron chi connectivity index (χ1n) is 6.70. The van der Waals surface area contributed by atoms with Crippen LogP contribution in [0.4, 0.5) is 0 Å². The minimum Gasteiger partial charge on any atom is -0.324 e. The van der Waals surface area contributed by atoms with Crippen LogP contribution in [0.2, 0.25) is 0 Å². The summed E-state index contributed by atoms with van der Waals surface area (Å²) in [6.45, 7) is 6.82. The molecule has 0 aliphatic carbocycles. The first-order valence-corrected chi connectivity index (χ1v) is 8.31. The number of nitrogens with zero attached hydrogens (tertiary/aromatic N) is 1. The minimum absolute atomic E-state index is 0.00197. The van der Waals surface area contributed by atoms with Gasteiger partial charge in [-0.3, -0.25) is 0 Å². The highest BCUT2D eigenvalue weighted by Crippen LogP contribution is 2.29. The van der Waals surface area contributed by atoms with E-state index in [2.05, 4.69) is 19.9 Å². The summed E-state index contributed by atoms with van der Waals surface area (Å²) in [7, 11) is -3.11. The Labute approximate surface area is 115 Å². The van der Waals surface area contributed by atoms with Gasteiger partial charge in [0.1, 0.15) is 0 Å². The molecule has 0 fully saturated rings. The Hall–Kier alpha value is -0.910. The number of hydrogen-bond acceptors (Lipinski definition) is 3. The number of nitrogens with two attached hydrogens (primary N) is 1. The second kappa shape index (κ2) is 5.23. The lowest BCUT2D eigenvalue weighted by molar-refractivity contribution is 0.432. The van der Waals surface area contributed by atoms with Crippen LogP contribution < -0.4 is 5.73 Å². The summed E-state index contributed by atoms with van der Waals surface area (Å²) >= 11 is 0. The van der Waals surface area contributed by atoms with Crippen molar-refractivity contribution >= 4 is 10.0 Å². The van der Waals surface area contributed by atoms with Crippen LogP contribution in [0.3, 0.4) is 0 Å². The SMILES string of the molecule is CCS(=O)(=O)N1Cc2ccc(C(N)C(C)C)cc2C1. The molecule has 0 amide bonds. The normalized spacial score (nSPS) is 17.7. The largest absolute Gasteiger partial charge is 0.324 e. The van der Waals surface area contributed by atoms with Gasteiger partial charge >= 0.3 is 0 Å². The summed E-state index contributed by atoms with van der Waals surface area (Å²) in [4.78, 5) is 0. The van der Waals surface area contributed by atoms with Crippen LogP contribution in [0.25, 0.3) is 0 Å². The van der Waals surface area contributed by atoms with Crippen LogP contribution >= 0.6 is 0 Å². The zero-order valence-corrected chi connectivity index (χ0v) is 12.6. The zero-order chi connectivity index (χ0) is 14.2. The number of fused-ring (bicyclic) bond motifs is 1. The van der Waals surface area contributed by atoms with Crippen LogP contribution in [0, 0.1) is 5.92 Å². The average Bonchev–Trinajstić information content (AvgIpc) is 2.81. The Morgan fingerprint density at radius 2 is 1.89 bits per heavy atom.